The minimum absolute atomic E-state index is 0.0379. The molecule has 0 N–H and O–H groups in total. The highest BCUT2D eigenvalue weighted by atomic mass is 32.1. The summed E-state index contributed by atoms with van der Waals surface area (Å²) in [5.74, 6) is 0.567. The number of nitrogens with zero attached hydrogens (tertiary/aromatic N) is 2. The van der Waals surface area contributed by atoms with Gasteiger partial charge in [0.25, 0.3) is 5.91 Å². The van der Waals surface area contributed by atoms with Gasteiger partial charge in [0.1, 0.15) is 5.75 Å². The van der Waals surface area contributed by atoms with Crippen LogP contribution in [0.3, 0.4) is 0 Å². The lowest BCUT2D eigenvalue weighted by Crippen LogP contribution is -2.34. The van der Waals surface area contributed by atoms with Gasteiger partial charge in [0.2, 0.25) is 0 Å². The minimum Gasteiger partial charge on any atom is -0.484 e. The molecule has 4 nitrogen and oxygen atoms in total. The first-order valence-corrected chi connectivity index (χ1v) is 10.7. The highest BCUT2D eigenvalue weighted by Crippen LogP contribution is 2.32. The number of hydrogen-bond donors (Lipinski definition) is 0. The molecular formula is C25H24N2O2S. The van der Waals surface area contributed by atoms with E-state index < -0.39 is 0 Å². The van der Waals surface area contributed by atoms with Gasteiger partial charge in [-0.25, -0.2) is 4.98 Å². The van der Waals surface area contributed by atoms with E-state index in [2.05, 4.69) is 26.0 Å². The number of hydrogen-bond acceptors (Lipinski definition) is 4. The maximum atomic E-state index is 13.2. The van der Waals surface area contributed by atoms with Gasteiger partial charge in [-0.15, -0.1) is 0 Å². The summed E-state index contributed by atoms with van der Waals surface area (Å²) in [6.07, 6.45) is 0. The zero-order valence-corrected chi connectivity index (χ0v) is 18.2. The molecule has 1 amide bonds. The molecule has 0 fully saturated rings. The summed E-state index contributed by atoms with van der Waals surface area (Å²) in [6.45, 7) is 6.57. The molecule has 4 rings (SSSR count). The number of aromatic nitrogens is 1. The van der Waals surface area contributed by atoms with Crippen molar-refractivity contribution in [3.63, 3.8) is 0 Å². The van der Waals surface area contributed by atoms with Gasteiger partial charge < -0.3 is 4.74 Å². The monoisotopic (exact) mass is 416 g/mol. The van der Waals surface area contributed by atoms with Crippen LogP contribution >= 0.6 is 11.3 Å². The van der Waals surface area contributed by atoms with Crippen LogP contribution in [-0.2, 0) is 11.3 Å². The van der Waals surface area contributed by atoms with Crippen LogP contribution in [0.1, 0.15) is 22.3 Å². The van der Waals surface area contributed by atoms with E-state index in [0.717, 1.165) is 26.9 Å². The Morgan fingerprint density at radius 1 is 0.967 bits per heavy atom. The third-order valence-corrected chi connectivity index (χ3v) is 5.94. The number of rotatable bonds is 6. The predicted molar refractivity (Wildman–Crippen MR) is 123 cm³/mol. The number of benzene rings is 3. The quantitative estimate of drug-likeness (QED) is 0.397. The summed E-state index contributed by atoms with van der Waals surface area (Å²) in [5.41, 5.74) is 5.47. The number of carbonyl (C=O) groups is 1. The first-order chi connectivity index (χ1) is 14.5. The number of ether oxygens (including phenoxy) is 1. The molecular weight excluding hydrogens is 392 g/mol. The van der Waals surface area contributed by atoms with Crippen molar-refractivity contribution < 1.29 is 9.53 Å². The summed E-state index contributed by atoms with van der Waals surface area (Å²) in [6, 6.07) is 21.9. The minimum atomic E-state index is -0.118. The van der Waals surface area contributed by atoms with Crippen molar-refractivity contribution in [2.75, 3.05) is 11.5 Å². The number of carbonyl (C=O) groups excluding carboxylic acids is 1. The van der Waals surface area contributed by atoms with Crippen LogP contribution in [0, 0.1) is 20.8 Å². The normalized spacial score (nSPS) is 10.9. The summed E-state index contributed by atoms with van der Waals surface area (Å²) in [5, 5.41) is 0.694. The molecule has 0 aliphatic heterocycles. The molecule has 1 heterocycles. The molecule has 0 spiro atoms. The van der Waals surface area contributed by atoms with Gasteiger partial charge in [0.05, 0.1) is 16.8 Å². The lowest BCUT2D eigenvalue weighted by molar-refractivity contribution is -0.120. The van der Waals surface area contributed by atoms with E-state index in [-0.39, 0.29) is 12.5 Å². The van der Waals surface area contributed by atoms with E-state index in [9.17, 15) is 4.79 Å². The van der Waals surface area contributed by atoms with Gasteiger partial charge in [-0.2, -0.15) is 0 Å². The fraction of sp³-hybridized carbons (Fsp3) is 0.200. The largest absolute Gasteiger partial charge is 0.484 e. The van der Waals surface area contributed by atoms with Crippen LogP contribution in [0.25, 0.3) is 10.2 Å². The Morgan fingerprint density at radius 2 is 1.70 bits per heavy atom. The second-order valence-electron chi connectivity index (χ2n) is 7.49. The number of amides is 1. The van der Waals surface area contributed by atoms with Crippen LogP contribution in [0.2, 0.25) is 0 Å². The Balaban J connectivity index is 1.63. The molecule has 0 bridgehead atoms. The summed E-state index contributed by atoms with van der Waals surface area (Å²) in [7, 11) is 0. The van der Waals surface area contributed by atoms with E-state index in [4.69, 9.17) is 9.72 Å². The summed E-state index contributed by atoms with van der Waals surface area (Å²) in [4.78, 5) is 19.7. The maximum absolute atomic E-state index is 13.2. The fourth-order valence-electron chi connectivity index (χ4n) is 3.36. The molecule has 0 radical (unpaired) electrons. The molecule has 1 aromatic heterocycles. The van der Waals surface area contributed by atoms with Crippen molar-refractivity contribution in [3.05, 3.63) is 89.0 Å². The van der Waals surface area contributed by atoms with Crippen LogP contribution in [0.15, 0.2) is 66.7 Å². The number of aryl methyl sites for hydroxylation is 3. The van der Waals surface area contributed by atoms with Crippen molar-refractivity contribution in [1.82, 2.24) is 4.98 Å². The number of thiazole rings is 1. The third kappa shape index (κ3) is 4.52. The van der Waals surface area contributed by atoms with E-state index in [1.165, 1.54) is 5.56 Å². The molecule has 0 saturated carbocycles. The zero-order valence-electron chi connectivity index (χ0n) is 17.4. The smallest absolute Gasteiger partial charge is 0.267 e. The van der Waals surface area contributed by atoms with Crippen molar-refractivity contribution in [2.24, 2.45) is 0 Å². The zero-order chi connectivity index (χ0) is 21.1. The third-order valence-electron chi connectivity index (χ3n) is 4.92. The first kappa shape index (κ1) is 20.1. The van der Waals surface area contributed by atoms with Crippen molar-refractivity contribution >= 4 is 32.6 Å². The Labute approximate surface area is 180 Å². The average molecular weight is 417 g/mol. The van der Waals surface area contributed by atoms with E-state index >= 15 is 0 Å². The maximum Gasteiger partial charge on any atom is 0.267 e. The lowest BCUT2D eigenvalue weighted by atomic mass is 10.1. The highest BCUT2D eigenvalue weighted by molar-refractivity contribution is 7.22. The Hall–Kier alpha value is -3.18. The van der Waals surface area contributed by atoms with Crippen molar-refractivity contribution in [1.29, 1.82) is 0 Å². The second-order valence-corrected chi connectivity index (χ2v) is 8.50. The Morgan fingerprint density at radius 3 is 2.43 bits per heavy atom. The van der Waals surface area contributed by atoms with E-state index in [0.29, 0.717) is 17.4 Å². The van der Waals surface area contributed by atoms with Crippen LogP contribution < -0.4 is 9.64 Å². The molecule has 0 aliphatic carbocycles. The summed E-state index contributed by atoms with van der Waals surface area (Å²) >= 11 is 1.54. The fourth-order valence-corrected chi connectivity index (χ4v) is 4.52. The molecule has 0 unspecified atom stereocenters. The molecule has 0 saturated heterocycles. The molecule has 5 heteroatoms. The van der Waals surface area contributed by atoms with Crippen LogP contribution in [0.5, 0.6) is 5.75 Å². The van der Waals surface area contributed by atoms with Gasteiger partial charge in [-0.3, -0.25) is 9.69 Å². The Bertz CT molecular complexity index is 1170. The van der Waals surface area contributed by atoms with Gasteiger partial charge in [-0.1, -0.05) is 65.4 Å². The highest BCUT2D eigenvalue weighted by Gasteiger charge is 2.21. The molecule has 3 aromatic carbocycles. The van der Waals surface area contributed by atoms with Crippen LogP contribution in [-0.4, -0.2) is 17.5 Å². The molecule has 30 heavy (non-hydrogen) atoms. The van der Waals surface area contributed by atoms with Crippen molar-refractivity contribution in [3.8, 4) is 5.75 Å². The molecule has 0 atom stereocenters. The van der Waals surface area contributed by atoms with E-state index in [1.807, 2.05) is 61.5 Å². The van der Waals surface area contributed by atoms with Gasteiger partial charge in [0, 0.05) is 0 Å². The van der Waals surface area contributed by atoms with Gasteiger partial charge in [-0.05, 0) is 55.7 Å². The standard InChI is InChI=1S/C25H24N2O2S/c1-17-9-11-21(12-10-17)29-16-23(28)27(15-20-7-5-4-6-8-20)25-26-24-19(3)13-18(2)14-22(24)30-25/h4-14H,15-16H2,1-3H3. The Kier molecular flexibility index (Phi) is 5.81. The molecule has 4 aromatic rings. The number of anilines is 1. The van der Waals surface area contributed by atoms with E-state index in [1.54, 1.807) is 16.2 Å². The van der Waals surface area contributed by atoms with Crippen LogP contribution in [0.4, 0.5) is 5.13 Å². The average Bonchev–Trinajstić information content (AvgIpc) is 3.16. The lowest BCUT2D eigenvalue weighted by Gasteiger charge is -2.20. The summed E-state index contributed by atoms with van der Waals surface area (Å²) < 4.78 is 6.86. The van der Waals surface area contributed by atoms with Gasteiger partial charge in [0.15, 0.2) is 11.7 Å². The second kappa shape index (κ2) is 8.67. The van der Waals surface area contributed by atoms with Gasteiger partial charge >= 0.3 is 0 Å². The molecule has 0 aliphatic rings. The van der Waals surface area contributed by atoms with Crippen molar-refractivity contribution in [2.45, 2.75) is 27.3 Å². The first-order valence-electron chi connectivity index (χ1n) is 9.91. The molecule has 152 valence electrons. The SMILES string of the molecule is Cc1ccc(OCC(=O)N(Cc2ccccc2)c2nc3c(C)cc(C)cc3s2)cc1. The topological polar surface area (TPSA) is 42.4 Å². The predicted octanol–water partition coefficient (Wildman–Crippen LogP) is 5.83. The number of fused-ring (bicyclic) bond motifs is 1.